The van der Waals surface area contributed by atoms with E-state index >= 15 is 0 Å². The van der Waals surface area contributed by atoms with Gasteiger partial charge in [-0.15, -0.1) is 0 Å². The minimum atomic E-state index is -2.34. The van der Waals surface area contributed by atoms with E-state index in [0.717, 1.165) is 22.3 Å². The van der Waals surface area contributed by atoms with E-state index in [0.29, 0.717) is 22.6 Å². The van der Waals surface area contributed by atoms with Gasteiger partial charge >= 0.3 is 0 Å². The van der Waals surface area contributed by atoms with E-state index in [9.17, 15) is 37.0 Å². The Kier molecular flexibility index (Phi) is 11.3. The second kappa shape index (κ2) is 15.4. The van der Waals surface area contributed by atoms with Crippen molar-refractivity contribution in [2.45, 2.75) is 38.6 Å². The van der Waals surface area contributed by atoms with Gasteiger partial charge in [-0.25, -0.2) is 22.0 Å². The molecule has 1 aliphatic rings. The molecule has 6 nitrogen and oxygen atoms in total. The molecule has 0 unspecified atom stereocenters. The van der Waals surface area contributed by atoms with E-state index in [2.05, 4.69) is 12.2 Å². The minimum Gasteiger partial charge on any atom is -0.396 e. The van der Waals surface area contributed by atoms with Gasteiger partial charge in [-0.05, 0) is 27.8 Å². The first-order valence-electron chi connectivity index (χ1n) is 14.8. The van der Waals surface area contributed by atoms with Crippen molar-refractivity contribution in [1.82, 2.24) is 5.32 Å². The molecule has 5 rings (SSSR count). The van der Waals surface area contributed by atoms with Crippen LogP contribution in [0.3, 0.4) is 0 Å². The van der Waals surface area contributed by atoms with Crippen molar-refractivity contribution in [3.63, 3.8) is 0 Å². The molecule has 248 valence electrons. The van der Waals surface area contributed by atoms with Gasteiger partial charge in [0, 0.05) is 29.5 Å². The third kappa shape index (κ3) is 7.52. The lowest BCUT2D eigenvalue weighted by Gasteiger charge is -2.41. The fourth-order valence-electron chi connectivity index (χ4n) is 5.42. The van der Waals surface area contributed by atoms with Crippen LogP contribution in [0.5, 0.6) is 0 Å². The van der Waals surface area contributed by atoms with Gasteiger partial charge in [0.05, 0.1) is 25.4 Å². The predicted molar refractivity (Wildman–Crippen MR) is 167 cm³/mol. The van der Waals surface area contributed by atoms with Crippen LogP contribution < -0.4 is 5.32 Å². The largest absolute Gasteiger partial charge is 0.396 e. The molecule has 1 heterocycles. The zero-order chi connectivity index (χ0) is 33.7. The first kappa shape index (κ1) is 34.5. The Morgan fingerprint density at radius 1 is 0.809 bits per heavy atom. The molecule has 0 radical (unpaired) electrons. The summed E-state index contributed by atoms with van der Waals surface area (Å²) in [5.74, 6) is -11.4. The number of hydrogen-bond acceptors (Lipinski definition) is 6. The van der Waals surface area contributed by atoms with Crippen molar-refractivity contribution in [1.29, 1.82) is 0 Å². The van der Waals surface area contributed by atoms with Crippen molar-refractivity contribution in [3.05, 3.63) is 130 Å². The summed E-state index contributed by atoms with van der Waals surface area (Å²) in [6.45, 7) is 1.78. The van der Waals surface area contributed by atoms with Crippen LogP contribution in [0.4, 0.5) is 22.0 Å². The van der Waals surface area contributed by atoms with Crippen LogP contribution in [0, 0.1) is 35.0 Å². The number of nitrogens with one attached hydrogen (secondary N) is 1. The van der Waals surface area contributed by atoms with Gasteiger partial charge in [0.25, 0.3) is 5.91 Å². The van der Waals surface area contributed by atoms with Crippen LogP contribution in [-0.2, 0) is 22.6 Å². The number of carbonyl (C=O) groups is 1. The fraction of sp³-hybridized carbons (Fsp3) is 0.286. The Morgan fingerprint density at radius 3 is 2.06 bits per heavy atom. The number of carbonyl (C=O) groups excluding carboxylic acids is 1. The SMILES string of the molecule is C[C@H]1[C@@H](CSCCO)O[C@@H](c2ccc(-c3ccccc3CNC(=O)c3c(F)c(F)c(F)c(F)c3F)cc2)O[C@H]1c1ccc(CO)cc1. The van der Waals surface area contributed by atoms with Crippen LogP contribution in [0.2, 0.25) is 0 Å². The average Bonchev–Trinajstić information content (AvgIpc) is 3.10. The molecular weight excluding hydrogens is 641 g/mol. The van der Waals surface area contributed by atoms with Gasteiger partial charge in [0.15, 0.2) is 29.6 Å². The quantitative estimate of drug-likeness (QED) is 0.0689. The smallest absolute Gasteiger partial charge is 0.257 e. The number of aliphatic hydroxyl groups excluding tert-OH is 2. The summed E-state index contributed by atoms with van der Waals surface area (Å²) in [6, 6.07) is 21.8. The van der Waals surface area contributed by atoms with Crippen molar-refractivity contribution >= 4 is 17.7 Å². The maximum absolute atomic E-state index is 14.2. The van der Waals surface area contributed by atoms with Crippen LogP contribution >= 0.6 is 11.8 Å². The topological polar surface area (TPSA) is 88.0 Å². The molecule has 4 atom stereocenters. The molecule has 1 fully saturated rings. The standard InChI is InChI=1S/C35H32F5NO5S/c1-19-26(18-47-15-14-42)45-35(46-33(19)22-8-6-20(17-43)7-9-22)23-12-10-21(11-13-23)25-5-3-2-4-24(25)16-41-34(44)27-28(36)30(38)32(40)31(39)29(27)37/h2-13,19,26,33,35,42-43H,14-18H2,1H3,(H,41,44)/t19-,26+,33+,35+/m0/s1. The Bertz CT molecular complexity index is 1680. The summed E-state index contributed by atoms with van der Waals surface area (Å²) in [6.07, 6.45) is -1.20. The number of ether oxygens (including phenoxy) is 2. The highest BCUT2D eigenvalue weighted by atomic mass is 32.2. The normalized spacial score (nSPS) is 19.5. The van der Waals surface area contributed by atoms with Crippen molar-refractivity contribution < 1.29 is 46.4 Å². The number of halogens is 5. The summed E-state index contributed by atoms with van der Waals surface area (Å²) in [5.41, 5.74) is 2.84. The third-order valence-corrected chi connectivity index (χ3v) is 9.06. The molecular formula is C35H32F5NO5S. The van der Waals surface area contributed by atoms with Crippen LogP contribution in [-0.4, -0.2) is 40.3 Å². The molecule has 1 saturated heterocycles. The number of amides is 1. The molecule has 0 bridgehead atoms. The van der Waals surface area contributed by atoms with Crippen molar-refractivity contribution in [2.75, 3.05) is 18.1 Å². The Balaban J connectivity index is 1.35. The van der Waals surface area contributed by atoms with E-state index < -0.39 is 46.8 Å². The summed E-state index contributed by atoms with van der Waals surface area (Å²) < 4.78 is 81.9. The number of hydrogen-bond donors (Lipinski definition) is 3. The number of benzene rings is 4. The molecule has 4 aromatic carbocycles. The lowest BCUT2D eigenvalue weighted by molar-refractivity contribution is -0.268. The first-order chi connectivity index (χ1) is 22.6. The van der Waals surface area contributed by atoms with E-state index in [-0.39, 0.29) is 37.9 Å². The van der Waals surface area contributed by atoms with Crippen LogP contribution in [0.25, 0.3) is 11.1 Å². The van der Waals surface area contributed by atoms with Crippen molar-refractivity contribution in [3.8, 4) is 11.1 Å². The van der Waals surface area contributed by atoms with Gasteiger partial charge in [0.2, 0.25) is 5.82 Å². The lowest BCUT2D eigenvalue weighted by atomic mass is 9.91. The molecule has 12 heteroatoms. The monoisotopic (exact) mass is 673 g/mol. The van der Waals surface area contributed by atoms with Crippen molar-refractivity contribution in [2.24, 2.45) is 5.92 Å². The van der Waals surface area contributed by atoms with Gasteiger partial charge in [-0.3, -0.25) is 4.79 Å². The second-order valence-electron chi connectivity index (χ2n) is 11.0. The molecule has 4 aromatic rings. The van der Waals surface area contributed by atoms with Gasteiger partial charge in [-0.1, -0.05) is 79.7 Å². The van der Waals surface area contributed by atoms with E-state index in [4.69, 9.17) is 9.47 Å². The highest BCUT2D eigenvalue weighted by Crippen LogP contribution is 2.42. The molecule has 1 aliphatic heterocycles. The maximum Gasteiger partial charge on any atom is 0.257 e. The zero-order valence-corrected chi connectivity index (χ0v) is 26.0. The molecule has 0 aliphatic carbocycles. The lowest BCUT2D eigenvalue weighted by Crippen LogP contribution is -2.38. The van der Waals surface area contributed by atoms with Crippen LogP contribution in [0.15, 0.2) is 72.8 Å². The molecule has 0 spiro atoms. The third-order valence-electron chi connectivity index (χ3n) is 8.03. The van der Waals surface area contributed by atoms with Gasteiger partial charge < -0.3 is 25.0 Å². The number of aliphatic hydroxyl groups is 2. The Morgan fingerprint density at radius 2 is 1.43 bits per heavy atom. The van der Waals surface area contributed by atoms with E-state index in [1.54, 1.807) is 36.0 Å². The Hall–Kier alpha value is -3.81. The maximum atomic E-state index is 14.2. The molecule has 0 aromatic heterocycles. The van der Waals surface area contributed by atoms with Crippen LogP contribution in [0.1, 0.15) is 51.9 Å². The summed E-state index contributed by atoms with van der Waals surface area (Å²) in [4.78, 5) is 12.5. The Labute approximate surface area is 272 Å². The summed E-state index contributed by atoms with van der Waals surface area (Å²) in [5, 5.41) is 21.0. The highest BCUT2D eigenvalue weighted by molar-refractivity contribution is 7.99. The molecule has 1 amide bonds. The van der Waals surface area contributed by atoms with Gasteiger partial charge in [0.1, 0.15) is 5.56 Å². The highest BCUT2D eigenvalue weighted by Gasteiger charge is 2.38. The molecule has 0 saturated carbocycles. The summed E-state index contributed by atoms with van der Waals surface area (Å²) >= 11 is 1.59. The zero-order valence-electron chi connectivity index (χ0n) is 25.2. The van der Waals surface area contributed by atoms with E-state index in [1.165, 1.54) is 0 Å². The number of rotatable bonds is 11. The second-order valence-corrected chi connectivity index (χ2v) is 12.2. The van der Waals surface area contributed by atoms with Gasteiger partial charge in [-0.2, -0.15) is 11.8 Å². The summed E-state index contributed by atoms with van der Waals surface area (Å²) in [7, 11) is 0. The number of thioether (sulfide) groups is 1. The van der Waals surface area contributed by atoms with E-state index in [1.807, 2.05) is 48.5 Å². The molecule has 47 heavy (non-hydrogen) atoms. The average molecular weight is 674 g/mol. The predicted octanol–water partition coefficient (Wildman–Crippen LogP) is 6.99. The molecule has 3 N–H and O–H groups in total. The minimum absolute atomic E-state index is 0.0105. The first-order valence-corrected chi connectivity index (χ1v) is 16.0. The fourth-order valence-corrected chi connectivity index (χ4v) is 6.33.